The highest BCUT2D eigenvalue weighted by molar-refractivity contribution is 7.17. The lowest BCUT2D eigenvalue weighted by Crippen LogP contribution is -2.22. The number of carbonyl (C=O) groups excluding carboxylic acids is 4. The zero-order valence-corrected chi connectivity index (χ0v) is 25.8. The second-order valence-corrected chi connectivity index (χ2v) is 12.2. The van der Waals surface area contributed by atoms with Crippen LogP contribution in [0.2, 0.25) is 0 Å². The predicted molar refractivity (Wildman–Crippen MR) is 160 cm³/mol. The lowest BCUT2D eigenvalue weighted by molar-refractivity contribution is 0.0367. The molecule has 0 radical (unpaired) electrons. The maximum absolute atomic E-state index is 13.5. The predicted octanol–water partition coefficient (Wildman–Crippen LogP) is 7.19. The number of esters is 2. The van der Waals surface area contributed by atoms with Crippen LogP contribution in [0.4, 0.5) is 10.0 Å². The third-order valence-corrected chi connectivity index (χ3v) is 8.22. The molecule has 0 unspecified atom stereocenters. The number of nitrogens with one attached hydrogen (secondary N) is 2. The summed E-state index contributed by atoms with van der Waals surface area (Å²) < 4.78 is 10.9. The van der Waals surface area contributed by atoms with Gasteiger partial charge in [0, 0.05) is 9.75 Å². The topological polar surface area (TPSA) is 111 Å². The Kier molecular flexibility index (Phi) is 10.3. The van der Waals surface area contributed by atoms with Gasteiger partial charge in [0.1, 0.15) is 10.0 Å². The van der Waals surface area contributed by atoms with Crippen molar-refractivity contribution in [3.63, 3.8) is 0 Å². The number of ether oxygens (including phenoxy) is 2. The van der Waals surface area contributed by atoms with Crippen molar-refractivity contribution in [3.8, 4) is 0 Å². The zero-order valence-electron chi connectivity index (χ0n) is 24.1. The first-order valence-corrected chi connectivity index (χ1v) is 14.9. The minimum absolute atomic E-state index is 0.127. The summed E-state index contributed by atoms with van der Waals surface area (Å²) >= 11 is 2.59. The molecule has 214 valence electrons. The first kappa shape index (κ1) is 31.0. The fraction of sp³-hybridized carbons (Fsp3) is 0.400. The average Bonchev–Trinajstić information content (AvgIpc) is 3.37. The summed E-state index contributed by atoms with van der Waals surface area (Å²) in [5, 5.41) is 6.42. The van der Waals surface area contributed by atoms with Gasteiger partial charge in [-0.2, -0.15) is 0 Å². The van der Waals surface area contributed by atoms with Crippen LogP contribution in [0.3, 0.4) is 0 Å². The molecule has 10 heteroatoms. The molecule has 40 heavy (non-hydrogen) atoms. The third kappa shape index (κ3) is 6.79. The summed E-state index contributed by atoms with van der Waals surface area (Å²) in [6, 6.07) is 6.41. The van der Waals surface area contributed by atoms with E-state index in [1.165, 1.54) is 22.7 Å². The van der Waals surface area contributed by atoms with E-state index in [-0.39, 0.29) is 23.3 Å². The number of thiophene rings is 2. The Morgan fingerprint density at radius 1 is 0.700 bits per heavy atom. The fourth-order valence-electron chi connectivity index (χ4n) is 4.38. The fourth-order valence-corrected chi connectivity index (χ4v) is 6.64. The molecule has 2 heterocycles. The molecule has 0 saturated heterocycles. The smallest absolute Gasteiger partial charge is 0.341 e. The van der Waals surface area contributed by atoms with Gasteiger partial charge in [-0.05, 0) is 77.6 Å². The van der Waals surface area contributed by atoms with Crippen molar-refractivity contribution in [1.29, 1.82) is 0 Å². The molecule has 8 nitrogen and oxygen atoms in total. The molecule has 3 rings (SSSR count). The van der Waals surface area contributed by atoms with Crippen LogP contribution in [0.25, 0.3) is 0 Å². The number of amides is 2. The van der Waals surface area contributed by atoms with E-state index >= 15 is 0 Å². The molecule has 0 saturated carbocycles. The molecule has 1 aromatic carbocycles. The van der Waals surface area contributed by atoms with E-state index < -0.39 is 23.8 Å². The first-order chi connectivity index (χ1) is 18.9. The number of carbonyl (C=O) groups is 4. The van der Waals surface area contributed by atoms with Crippen molar-refractivity contribution >= 4 is 56.4 Å². The Hall–Kier alpha value is -3.50. The summed E-state index contributed by atoms with van der Waals surface area (Å²) in [5.41, 5.74) is 2.56. The van der Waals surface area contributed by atoms with Crippen molar-refractivity contribution in [2.75, 3.05) is 10.6 Å². The molecule has 0 fully saturated rings. The Labute approximate surface area is 243 Å². The summed E-state index contributed by atoms with van der Waals surface area (Å²) in [4.78, 5) is 54.6. The lowest BCUT2D eigenvalue weighted by Gasteiger charge is -2.13. The minimum atomic E-state index is -0.538. The highest BCUT2D eigenvalue weighted by atomic mass is 32.1. The zero-order chi connectivity index (χ0) is 29.7. The van der Waals surface area contributed by atoms with Crippen LogP contribution in [0.1, 0.15) is 104 Å². The van der Waals surface area contributed by atoms with E-state index in [0.29, 0.717) is 34.0 Å². The van der Waals surface area contributed by atoms with E-state index in [9.17, 15) is 19.2 Å². The SMILES string of the molecule is CCc1c(C)sc(NC(=O)c2ccccc2C(=O)Nc2sc(C)c(CC)c2C(=O)OC(C)C)c1C(=O)OC(C)C. The first-order valence-electron chi connectivity index (χ1n) is 13.3. The second kappa shape index (κ2) is 13.2. The summed E-state index contributed by atoms with van der Waals surface area (Å²) in [6.45, 7) is 14.7. The number of hydrogen-bond donors (Lipinski definition) is 2. The normalized spacial score (nSPS) is 11.1. The van der Waals surface area contributed by atoms with Crippen LogP contribution in [0.5, 0.6) is 0 Å². The quantitative estimate of drug-likeness (QED) is 0.244. The maximum Gasteiger partial charge on any atom is 0.341 e. The molecule has 0 atom stereocenters. The van der Waals surface area contributed by atoms with E-state index in [4.69, 9.17) is 9.47 Å². The van der Waals surface area contributed by atoms with Gasteiger partial charge in [-0.3, -0.25) is 9.59 Å². The van der Waals surface area contributed by atoms with Gasteiger partial charge in [-0.25, -0.2) is 9.59 Å². The van der Waals surface area contributed by atoms with Crippen molar-refractivity contribution in [3.05, 3.63) is 67.4 Å². The van der Waals surface area contributed by atoms with Crippen LogP contribution in [0.15, 0.2) is 24.3 Å². The molecule has 2 N–H and O–H groups in total. The third-order valence-electron chi connectivity index (χ3n) is 6.09. The molecular formula is C30H36N2O6S2. The summed E-state index contributed by atoms with van der Waals surface area (Å²) in [6.07, 6.45) is 0.562. The van der Waals surface area contributed by atoms with E-state index in [1.54, 1.807) is 52.0 Å². The van der Waals surface area contributed by atoms with E-state index in [0.717, 1.165) is 20.9 Å². The largest absolute Gasteiger partial charge is 0.459 e. The van der Waals surface area contributed by atoms with Crippen molar-refractivity contribution in [2.24, 2.45) is 0 Å². The number of aryl methyl sites for hydroxylation is 2. The van der Waals surface area contributed by atoms with Gasteiger partial charge >= 0.3 is 11.9 Å². The number of benzene rings is 1. The molecule has 0 aliphatic carbocycles. The van der Waals surface area contributed by atoms with Gasteiger partial charge in [-0.15, -0.1) is 22.7 Å². The van der Waals surface area contributed by atoms with Gasteiger partial charge in [0.05, 0.1) is 34.5 Å². The molecule has 0 aliphatic heterocycles. The van der Waals surface area contributed by atoms with Crippen LogP contribution in [-0.4, -0.2) is 36.0 Å². The van der Waals surface area contributed by atoms with Gasteiger partial charge in [0.2, 0.25) is 0 Å². The molecule has 0 spiro atoms. The Morgan fingerprint density at radius 2 is 1.05 bits per heavy atom. The molecule has 2 amide bonds. The minimum Gasteiger partial charge on any atom is -0.459 e. The monoisotopic (exact) mass is 584 g/mol. The van der Waals surface area contributed by atoms with Crippen LogP contribution >= 0.6 is 22.7 Å². The van der Waals surface area contributed by atoms with Gasteiger partial charge in [0.15, 0.2) is 0 Å². The Balaban J connectivity index is 1.95. The lowest BCUT2D eigenvalue weighted by atomic mass is 10.0. The summed E-state index contributed by atoms with van der Waals surface area (Å²) in [7, 11) is 0. The second-order valence-electron chi connectivity index (χ2n) is 9.75. The molecule has 0 aliphatic rings. The van der Waals surface area contributed by atoms with Crippen molar-refractivity contribution in [2.45, 2.75) is 80.4 Å². The van der Waals surface area contributed by atoms with Crippen LogP contribution in [0, 0.1) is 13.8 Å². The summed E-state index contributed by atoms with van der Waals surface area (Å²) in [5.74, 6) is -2.08. The van der Waals surface area contributed by atoms with Crippen molar-refractivity contribution in [1.82, 2.24) is 0 Å². The average molecular weight is 585 g/mol. The number of anilines is 2. The van der Waals surface area contributed by atoms with Crippen molar-refractivity contribution < 1.29 is 28.7 Å². The molecule has 0 bridgehead atoms. The van der Waals surface area contributed by atoms with E-state index in [1.807, 2.05) is 27.7 Å². The number of hydrogen-bond acceptors (Lipinski definition) is 8. The molecular weight excluding hydrogens is 548 g/mol. The number of rotatable bonds is 10. The van der Waals surface area contributed by atoms with Gasteiger partial charge in [-0.1, -0.05) is 26.0 Å². The Morgan fingerprint density at radius 3 is 1.35 bits per heavy atom. The molecule has 2 aromatic heterocycles. The van der Waals surface area contributed by atoms with Crippen LogP contribution in [-0.2, 0) is 22.3 Å². The van der Waals surface area contributed by atoms with Gasteiger partial charge in [0.25, 0.3) is 11.8 Å². The van der Waals surface area contributed by atoms with Gasteiger partial charge < -0.3 is 20.1 Å². The maximum atomic E-state index is 13.5. The van der Waals surface area contributed by atoms with Crippen LogP contribution < -0.4 is 10.6 Å². The standard InChI is InChI=1S/C30H36N2O6S2/c1-9-19-17(7)39-27(23(19)29(35)37-15(3)4)31-25(33)21-13-11-12-14-22(21)26(34)32-28-24(30(36)38-16(5)6)20(10-2)18(8)40-28/h11-16H,9-10H2,1-8H3,(H,31,33)(H,32,34). The Bertz CT molecular complexity index is 1330. The highest BCUT2D eigenvalue weighted by Gasteiger charge is 2.28. The van der Waals surface area contributed by atoms with E-state index in [2.05, 4.69) is 10.6 Å². The highest BCUT2D eigenvalue weighted by Crippen LogP contribution is 2.36. The molecule has 3 aromatic rings.